The van der Waals surface area contributed by atoms with Gasteiger partial charge in [-0.05, 0) is 19.9 Å². The first-order valence-corrected chi connectivity index (χ1v) is 6.43. The van der Waals surface area contributed by atoms with Gasteiger partial charge < -0.3 is 0 Å². The van der Waals surface area contributed by atoms with Crippen LogP contribution in [0.25, 0.3) is 16.2 Å². The molecule has 3 aromatic heterocycles. The van der Waals surface area contributed by atoms with Gasteiger partial charge in [-0.2, -0.15) is 0 Å². The lowest BCUT2D eigenvalue weighted by atomic mass is 10.2. The van der Waals surface area contributed by atoms with Gasteiger partial charge >= 0.3 is 0 Å². The maximum Gasteiger partial charge on any atom is 0.194 e. The molecule has 76 valence electrons. The van der Waals surface area contributed by atoms with Gasteiger partial charge in [0.25, 0.3) is 0 Å². The molecular formula is C11H10N2S2. The smallest absolute Gasteiger partial charge is 0.194 e. The van der Waals surface area contributed by atoms with E-state index in [2.05, 4.69) is 40.9 Å². The quantitative estimate of drug-likeness (QED) is 0.627. The van der Waals surface area contributed by atoms with Crippen LogP contribution in [0, 0.1) is 13.8 Å². The Balaban J connectivity index is 2.21. The highest BCUT2D eigenvalue weighted by molar-refractivity contribution is 7.15. The van der Waals surface area contributed by atoms with Crippen LogP contribution in [-0.4, -0.2) is 9.38 Å². The molecule has 0 fully saturated rings. The second-order valence-electron chi connectivity index (χ2n) is 3.55. The van der Waals surface area contributed by atoms with E-state index in [1.54, 1.807) is 11.3 Å². The molecule has 4 heteroatoms. The second kappa shape index (κ2) is 3.18. The van der Waals surface area contributed by atoms with Crippen molar-refractivity contribution in [2.24, 2.45) is 0 Å². The molecule has 0 spiro atoms. The average Bonchev–Trinajstić information content (AvgIpc) is 2.77. The Morgan fingerprint density at radius 3 is 2.87 bits per heavy atom. The summed E-state index contributed by atoms with van der Waals surface area (Å²) in [5, 5.41) is 2.05. The highest BCUT2D eigenvalue weighted by atomic mass is 32.1. The molecule has 3 heterocycles. The summed E-state index contributed by atoms with van der Waals surface area (Å²) < 4.78 is 2.08. The van der Waals surface area contributed by atoms with E-state index >= 15 is 0 Å². The number of nitrogens with zero attached hydrogens (tertiary/aromatic N) is 2. The molecule has 0 aromatic carbocycles. The van der Waals surface area contributed by atoms with Gasteiger partial charge in [0.2, 0.25) is 0 Å². The predicted octanol–water partition coefficient (Wildman–Crippen LogP) is 3.74. The van der Waals surface area contributed by atoms with E-state index in [1.807, 2.05) is 17.5 Å². The summed E-state index contributed by atoms with van der Waals surface area (Å²) in [7, 11) is 0. The Hall–Kier alpha value is -1.13. The van der Waals surface area contributed by atoms with Gasteiger partial charge in [0.1, 0.15) is 0 Å². The lowest BCUT2D eigenvalue weighted by Crippen LogP contribution is -1.74. The van der Waals surface area contributed by atoms with Gasteiger partial charge in [-0.25, -0.2) is 4.98 Å². The van der Waals surface area contributed by atoms with Gasteiger partial charge in [-0.15, -0.1) is 22.7 Å². The predicted molar refractivity (Wildman–Crippen MR) is 65.9 cm³/mol. The Labute approximate surface area is 95.8 Å². The molecular weight excluding hydrogens is 224 g/mol. The van der Waals surface area contributed by atoms with Crippen molar-refractivity contribution in [3.8, 4) is 11.3 Å². The molecule has 0 bridgehead atoms. The molecule has 2 nitrogen and oxygen atoms in total. The second-order valence-corrected chi connectivity index (χ2v) is 5.88. The number of rotatable bonds is 1. The van der Waals surface area contributed by atoms with Crippen molar-refractivity contribution in [1.29, 1.82) is 0 Å². The molecule has 0 unspecified atom stereocenters. The molecule has 0 aliphatic rings. The van der Waals surface area contributed by atoms with E-state index in [-0.39, 0.29) is 0 Å². The number of thiazole rings is 1. The van der Waals surface area contributed by atoms with Crippen LogP contribution < -0.4 is 0 Å². The molecule has 15 heavy (non-hydrogen) atoms. The first-order chi connectivity index (χ1) is 7.24. The maximum absolute atomic E-state index is 4.61. The summed E-state index contributed by atoms with van der Waals surface area (Å²) in [5.41, 5.74) is 2.36. The lowest BCUT2D eigenvalue weighted by molar-refractivity contribution is 1.23. The summed E-state index contributed by atoms with van der Waals surface area (Å²) in [6, 6.07) is 2.21. The van der Waals surface area contributed by atoms with Gasteiger partial charge in [-0.3, -0.25) is 4.40 Å². The first-order valence-electron chi connectivity index (χ1n) is 4.73. The number of aryl methyl sites for hydroxylation is 2. The van der Waals surface area contributed by atoms with Gasteiger partial charge in [-0.1, -0.05) is 0 Å². The fourth-order valence-corrected chi connectivity index (χ4v) is 3.38. The van der Waals surface area contributed by atoms with Crippen molar-refractivity contribution in [3.05, 3.63) is 33.6 Å². The molecule has 0 saturated heterocycles. The molecule has 3 aromatic rings. The van der Waals surface area contributed by atoms with E-state index in [4.69, 9.17) is 0 Å². The third-order valence-electron chi connectivity index (χ3n) is 2.41. The minimum absolute atomic E-state index is 1.06. The van der Waals surface area contributed by atoms with E-state index in [0.717, 1.165) is 10.7 Å². The topological polar surface area (TPSA) is 17.3 Å². The number of hydrogen-bond donors (Lipinski definition) is 0. The Morgan fingerprint density at radius 2 is 2.20 bits per heavy atom. The number of aromatic nitrogens is 2. The monoisotopic (exact) mass is 234 g/mol. The number of thiophene rings is 1. The van der Waals surface area contributed by atoms with Crippen LogP contribution in [-0.2, 0) is 0 Å². The Morgan fingerprint density at radius 1 is 1.33 bits per heavy atom. The molecule has 3 rings (SSSR count). The van der Waals surface area contributed by atoms with E-state index in [9.17, 15) is 0 Å². The highest BCUT2D eigenvalue weighted by Crippen LogP contribution is 2.30. The summed E-state index contributed by atoms with van der Waals surface area (Å²) in [4.78, 5) is 8.36. The van der Waals surface area contributed by atoms with Gasteiger partial charge in [0.15, 0.2) is 4.96 Å². The summed E-state index contributed by atoms with van der Waals surface area (Å²) >= 11 is 3.50. The Bertz CT molecular complexity index is 587. The lowest BCUT2D eigenvalue weighted by Gasteiger charge is -1.91. The third kappa shape index (κ3) is 1.41. The zero-order chi connectivity index (χ0) is 10.4. The molecule has 0 N–H and O–H groups in total. The Kier molecular flexibility index (Phi) is 1.94. The summed E-state index contributed by atoms with van der Waals surface area (Å²) in [6.07, 6.45) is 4.14. The molecule has 0 saturated carbocycles. The number of hydrogen-bond acceptors (Lipinski definition) is 3. The van der Waals surface area contributed by atoms with Crippen molar-refractivity contribution in [3.63, 3.8) is 0 Å². The van der Waals surface area contributed by atoms with E-state index in [1.165, 1.54) is 15.3 Å². The van der Waals surface area contributed by atoms with E-state index < -0.39 is 0 Å². The van der Waals surface area contributed by atoms with Gasteiger partial charge in [0, 0.05) is 33.1 Å². The van der Waals surface area contributed by atoms with Crippen molar-refractivity contribution >= 4 is 27.6 Å². The minimum atomic E-state index is 1.06. The summed E-state index contributed by atoms with van der Waals surface area (Å²) in [6.45, 7) is 4.29. The number of fused-ring (bicyclic) bond motifs is 1. The van der Waals surface area contributed by atoms with Crippen LogP contribution in [0.3, 0.4) is 0 Å². The number of imidazole rings is 1. The largest absolute Gasteiger partial charge is 0.297 e. The normalized spacial score (nSPS) is 11.3. The third-order valence-corrected chi connectivity index (χ3v) is 4.15. The zero-order valence-electron chi connectivity index (χ0n) is 8.52. The van der Waals surface area contributed by atoms with Crippen molar-refractivity contribution in [2.45, 2.75) is 13.8 Å². The zero-order valence-corrected chi connectivity index (χ0v) is 10.2. The SMILES string of the molecule is Cc1cc(-c2cn3ccsc3n2)c(C)s1. The van der Waals surface area contributed by atoms with Crippen LogP contribution in [0.2, 0.25) is 0 Å². The minimum Gasteiger partial charge on any atom is -0.297 e. The molecule has 0 atom stereocenters. The van der Waals surface area contributed by atoms with Crippen molar-refractivity contribution in [1.82, 2.24) is 9.38 Å². The van der Waals surface area contributed by atoms with Crippen LogP contribution in [0.15, 0.2) is 23.8 Å². The van der Waals surface area contributed by atoms with E-state index in [0.29, 0.717) is 0 Å². The fraction of sp³-hybridized carbons (Fsp3) is 0.182. The standard InChI is InChI=1S/C11H10N2S2/c1-7-5-9(8(2)15-7)10-6-13-3-4-14-11(13)12-10/h3-6H,1-2H3. The van der Waals surface area contributed by atoms with Crippen LogP contribution in [0.4, 0.5) is 0 Å². The van der Waals surface area contributed by atoms with Crippen molar-refractivity contribution in [2.75, 3.05) is 0 Å². The van der Waals surface area contributed by atoms with Crippen LogP contribution in [0.1, 0.15) is 9.75 Å². The highest BCUT2D eigenvalue weighted by Gasteiger charge is 2.09. The first kappa shape index (κ1) is 9.12. The summed E-state index contributed by atoms with van der Waals surface area (Å²) in [5.74, 6) is 0. The molecule has 0 radical (unpaired) electrons. The molecule has 0 aliphatic heterocycles. The fourth-order valence-electron chi connectivity index (χ4n) is 1.74. The average molecular weight is 234 g/mol. The van der Waals surface area contributed by atoms with Crippen molar-refractivity contribution < 1.29 is 0 Å². The van der Waals surface area contributed by atoms with Crippen LogP contribution in [0.5, 0.6) is 0 Å². The van der Waals surface area contributed by atoms with Crippen LogP contribution >= 0.6 is 22.7 Å². The maximum atomic E-state index is 4.61. The molecule has 0 amide bonds. The molecule has 0 aliphatic carbocycles. The van der Waals surface area contributed by atoms with Gasteiger partial charge in [0.05, 0.1) is 5.69 Å².